The molecule has 0 spiro atoms. The number of aryl methyl sites for hydroxylation is 1. The highest BCUT2D eigenvalue weighted by Gasteiger charge is 2.47. The Morgan fingerprint density at radius 2 is 1.88 bits per heavy atom. The Hall–Kier alpha value is -3.84. The average Bonchev–Trinajstić information content (AvgIpc) is 3.08. The molecule has 1 aromatic heterocycles. The Labute approximate surface area is 202 Å². The molecule has 1 aliphatic rings. The van der Waals surface area contributed by atoms with Gasteiger partial charge in [-0.1, -0.05) is 29.8 Å². The number of nitrogens with zero attached hydrogens (tertiary/aromatic N) is 2. The lowest BCUT2D eigenvalue weighted by atomic mass is 9.97. The first-order valence-corrected chi connectivity index (χ1v) is 10.9. The summed E-state index contributed by atoms with van der Waals surface area (Å²) >= 11 is 6.32. The van der Waals surface area contributed by atoms with Crippen LogP contribution < -0.4 is 9.47 Å². The number of carbonyl (C=O) groups is 2. The van der Waals surface area contributed by atoms with Crippen LogP contribution in [0.1, 0.15) is 28.4 Å². The van der Waals surface area contributed by atoms with E-state index in [0.29, 0.717) is 11.4 Å². The molecule has 0 radical (unpaired) electrons. The second kappa shape index (κ2) is 9.57. The van der Waals surface area contributed by atoms with Crippen molar-refractivity contribution in [1.82, 2.24) is 9.88 Å². The number of aliphatic hydroxyl groups excluding tert-OH is 1. The highest BCUT2D eigenvalue weighted by atomic mass is 35.5. The maximum atomic E-state index is 13.3. The normalized spacial score (nSPS) is 17.2. The van der Waals surface area contributed by atoms with E-state index in [1.807, 2.05) is 6.07 Å². The van der Waals surface area contributed by atoms with Crippen molar-refractivity contribution in [3.05, 3.63) is 93.8 Å². The Bertz CT molecular complexity index is 1290. The number of amides is 1. The average molecular weight is 479 g/mol. The zero-order valence-electron chi connectivity index (χ0n) is 18.9. The van der Waals surface area contributed by atoms with E-state index >= 15 is 0 Å². The van der Waals surface area contributed by atoms with E-state index in [0.717, 1.165) is 11.1 Å². The molecule has 2 heterocycles. The molecule has 1 amide bonds. The van der Waals surface area contributed by atoms with Gasteiger partial charge in [-0.15, -0.1) is 0 Å². The van der Waals surface area contributed by atoms with Crippen LogP contribution >= 0.6 is 11.6 Å². The van der Waals surface area contributed by atoms with Gasteiger partial charge in [0, 0.05) is 12.7 Å². The summed E-state index contributed by atoms with van der Waals surface area (Å²) in [5.41, 5.74) is 2.12. The monoisotopic (exact) mass is 478 g/mol. The number of benzene rings is 2. The van der Waals surface area contributed by atoms with E-state index in [-0.39, 0.29) is 34.2 Å². The summed E-state index contributed by atoms with van der Waals surface area (Å²) in [6, 6.07) is 14.9. The summed E-state index contributed by atoms with van der Waals surface area (Å²) < 4.78 is 10.7. The summed E-state index contributed by atoms with van der Waals surface area (Å²) in [6.45, 7) is 1.92. The van der Waals surface area contributed by atoms with E-state index in [4.69, 9.17) is 21.1 Å². The second-order valence-corrected chi connectivity index (χ2v) is 8.27. The van der Waals surface area contributed by atoms with Crippen molar-refractivity contribution >= 4 is 29.1 Å². The van der Waals surface area contributed by atoms with Gasteiger partial charge in [0.2, 0.25) is 0 Å². The Balaban J connectivity index is 1.90. The van der Waals surface area contributed by atoms with Gasteiger partial charge in [-0.2, -0.15) is 0 Å². The lowest BCUT2D eigenvalue weighted by Gasteiger charge is -2.25. The lowest BCUT2D eigenvalue weighted by molar-refractivity contribution is -0.140. The molecule has 0 bridgehead atoms. The van der Waals surface area contributed by atoms with Gasteiger partial charge in [0.1, 0.15) is 23.3 Å². The molecule has 1 atom stereocenters. The first-order chi connectivity index (χ1) is 16.3. The van der Waals surface area contributed by atoms with Crippen molar-refractivity contribution in [3.63, 3.8) is 0 Å². The molecule has 1 fully saturated rings. The molecule has 2 aromatic carbocycles. The van der Waals surface area contributed by atoms with E-state index in [9.17, 15) is 14.7 Å². The van der Waals surface area contributed by atoms with Crippen LogP contribution in [-0.2, 0) is 16.1 Å². The number of methoxy groups -OCH3 is 2. The van der Waals surface area contributed by atoms with Gasteiger partial charge in [-0.25, -0.2) is 0 Å². The predicted molar refractivity (Wildman–Crippen MR) is 128 cm³/mol. The quantitative estimate of drug-likeness (QED) is 0.314. The third kappa shape index (κ3) is 4.22. The van der Waals surface area contributed by atoms with Crippen molar-refractivity contribution < 1.29 is 24.2 Å². The number of carbonyl (C=O) groups excluding carboxylic acids is 2. The predicted octanol–water partition coefficient (Wildman–Crippen LogP) is 4.68. The number of rotatable bonds is 6. The van der Waals surface area contributed by atoms with Gasteiger partial charge in [0.15, 0.2) is 0 Å². The van der Waals surface area contributed by atoms with Crippen LogP contribution in [0.15, 0.2) is 66.4 Å². The van der Waals surface area contributed by atoms with Crippen LogP contribution in [0.2, 0.25) is 5.02 Å². The van der Waals surface area contributed by atoms with Crippen molar-refractivity contribution in [2.24, 2.45) is 0 Å². The number of likely N-dealkylation sites (tertiary alicyclic amines) is 1. The van der Waals surface area contributed by atoms with Crippen LogP contribution in [0.5, 0.6) is 11.5 Å². The Kier molecular flexibility index (Phi) is 6.56. The van der Waals surface area contributed by atoms with Gasteiger partial charge in [-0.3, -0.25) is 14.6 Å². The highest BCUT2D eigenvalue weighted by Crippen LogP contribution is 2.42. The molecule has 34 heavy (non-hydrogen) atoms. The van der Waals surface area contributed by atoms with E-state index < -0.39 is 17.7 Å². The minimum atomic E-state index is -0.906. The first-order valence-electron chi connectivity index (χ1n) is 10.5. The smallest absolute Gasteiger partial charge is 0.296 e. The molecular formula is C26H23ClN2O5. The number of aromatic nitrogens is 1. The van der Waals surface area contributed by atoms with Crippen molar-refractivity contribution in [2.75, 3.05) is 14.2 Å². The van der Waals surface area contributed by atoms with Gasteiger partial charge in [0.25, 0.3) is 11.7 Å². The molecule has 8 heteroatoms. The van der Waals surface area contributed by atoms with E-state index in [2.05, 4.69) is 4.98 Å². The summed E-state index contributed by atoms with van der Waals surface area (Å²) in [4.78, 5) is 32.2. The van der Waals surface area contributed by atoms with Gasteiger partial charge in [-0.05, 0) is 54.4 Å². The molecule has 0 saturated carbocycles. The largest absolute Gasteiger partial charge is 0.507 e. The zero-order chi connectivity index (χ0) is 24.4. The number of pyridine rings is 1. The fraction of sp³-hybridized carbons (Fsp3) is 0.192. The number of ketones is 1. The molecule has 0 aliphatic carbocycles. The molecule has 7 nitrogen and oxygen atoms in total. The SMILES string of the molecule is COc1cccc(CN2C(=O)C(=O)/C(=C(/O)c3cc(C)cc(Cl)c3OC)C2c2ccccn2)c1. The number of aliphatic hydroxyl groups is 1. The highest BCUT2D eigenvalue weighted by molar-refractivity contribution is 6.46. The maximum Gasteiger partial charge on any atom is 0.296 e. The fourth-order valence-corrected chi connectivity index (χ4v) is 4.46. The maximum absolute atomic E-state index is 13.3. The van der Waals surface area contributed by atoms with Crippen molar-refractivity contribution in [2.45, 2.75) is 19.5 Å². The summed E-state index contributed by atoms with van der Waals surface area (Å²) in [7, 11) is 2.98. The molecule has 3 aromatic rings. The number of Topliss-reactive ketones (excluding diaryl/α,β-unsaturated/α-hetero) is 1. The van der Waals surface area contributed by atoms with Gasteiger partial charge < -0.3 is 19.5 Å². The Morgan fingerprint density at radius 1 is 1.09 bits per heavy atom. The third-order valence-corrected chi connectivity index (χ3v) is 5.92. The molecule has 1 N–H and O–H groups in total. The number of hydrogen-bond donors (Lipinski definition) is 1. The minimum absolute atomic E-state index is 0.0773. The molecule has 1 saturated heterocycles. The summed E-state index contributed by atoms with van der Waals surface area (Å²) in [6.07, 6.45) is 1.57. The summed E-state index contributed by atoms with van der Waals surface area (Å²) in [5, 5.41) is 11.6. The van der Waals surface area contributed by atoms with Gasteiger partial charge >= 0.3 is 0 Å². The van der Waals surface area contributed by atoms with Crippen molar-refractivity contribution in [1.29, 1.82) is 0 Å². The zero-order valence-corrected chi connectivity index (χ0v) is 19.7. The van der Waals surface area contributed by atoms with Crippen LogP contribution in [0.4, 0.5) is 0 Å². The lowest BCUT2D eigenvalue weighted by Crippen LogP contribution is -2.29. The standard InChI is InChI=1S/C26H23ClN2O5/c1-15-11-18(25(34-3)19(27)12-15)23(30)21-22(20-9-4-5-10-28-20)29(26(32)24(21)31)14-16-7-6-8-17(13-16)33-2/h4-13,22,30H,14H2,1-3H3/b23-21+. The van der Waals surface area contributed by atoms with E-state index in [1.54, 1.807) is 68.8 Å². The fourth-order valence-electron chi connectivity index (χ4n) is 4.11. The van der Waals surface area contributed by atoms with Crippen LogP contribution in [0.3, 0.4) is 0 Å². The molecule has 1 unspecified atom stereocenters. The molecule has 174 valence electrons. The molecular weight excluding hydrogens is 456 g/mol. The summed E-state index contributed by atoms with van der Waals surface area (Å²) in [5.74, 6) is -1.08. The second-order valence-electron chi connectivity index (χ2n) is 7.86. The van der Waals surface area contributed by atoms with Gasteiger partial charge in [0.05, 0.1) is 36.1 Å². The Morgan fingerprint density at radius 3 is 2.56 bits per heavy atom. The van der Waals surface area contributed by atoms with Crippen LogP contribution in [-0.4, -0.2) is 40.9 Å². The molecule has 4 rings (SSSR count). The third-order valence-electron chi connectivity index (χ3n) is 5.64. The van der Waals surface area contributed by atoms with Crippen LogP contribution in [0.25, 0.3) is 5.76 Å². The number of ether oxygens (including phenoxy) is 2. The number of halogens is 1. The topological polar surface area (TPSA) is 89.0 Å². The minimum Gasteiger partial charge on any atom is -0.507 e. The molecule has 1 aliphatic heterocycles. The van der Waals surface area contributed by atoms with Crippen LogP contribution in [0, 0.1) is 6.92 Å². The van der Waals surface area contributed by atoms with Crippen molar-refractivity contribution in [3.8, 4) is 11.5 Å². The van der Waals surface area contributed by atoms with E-state index in [1.165, 1.54) is 12.0 Å². The number of hydrogen-bond acceptors (Lipinski definition) is 6. The first kappa shape index (κ1) is 23.3.